The first-order valence-electron chi connectivity index (χ1n) is 6.46. The molecule has 0 aliphatic carbocycles. The number of ketones is 1. The summed E-state index contributed by atoms with van der Waals surface area (Å²) in [6.07, 6.45) is 0.413. The van der Waals surface area contributed by atoms with Crippen molar-refractivity contribution < 1.29 is 14.4 Å². The molecule has 0 aromatic carbocycles. The number of nitrogens with two attached hydrogens (primary N) is 1. The highest BCUT2D eigenvalue weighted by atomic mass is 32.1. The summed E-state index contributed by atoms with van der Waals surface area (Å²) in [4.78, 5) is 35.6. The molecule has 1 aromatic rings. The molecule has 5 nitrogen and oxygen atoms in total. The molecule has 0 fully saturated rings. The first-order valence-corrected chi connectivity index (χ1v) is 7.34. The molecule has 110 valence electrons. The Bertz CT molecular complexity index is 536. The summed E-state index contributed by atoms with van der Waals surface area (Å²) < 4.78 is 0. The number of thiophene rings is 1. The van der Waals surface area contributed by atoms with E-state index < -0.39 is 11.4 Å². The molecule has 2 amide bonds. The van der Waals surface area contributed by atoms with Crippen molar-refractivity contribution in [1.29, 1.82) is 0 Å². The second-order valence-corrected chi connectivity index (χ2v) is 5.97. The van der Waals surface area contributed by atoms with Gasteiger partial charge in [0.15, 0.2) is 5.78 Å². The summed E-state index contributed by atoms with van der Waals surface area (Å²) >= 11 is 1.18. The molecule has 0 bridgehead atoms. The van der Waals surface area contributed by atoms with Gasteiger partial charge in [0.25, 0.3) is 5.91 Å². The van der Waals surface area contributed by atoms with E-state index in [0.29, 0.717) is 16.9 Å². The summed E-state index contributed by atoms with van der Waals surface area (Å²) in [7, 11) is 0. The van der Waals surface area contributed by atoms with Gasteiger partial charge in [-0.15, -0.1) is 11.3 Å². The van der Waals surface area contributed by atoms with Gasteiger partial charge in [0, 0.05) is 10.9 Å². The lowest BCUT2D eigenvalue weighted by Gasteiger charge is -2.34. The number of Topliss-reactive ketones (excluding diaryl/α,β-unsaturated/α-hetero) is 1. The number of primary amides is 1. The van der Waals surface area contributed by atoms with Gasteiger partial charge >= 0.3 is 0 Å². The molecule has 1 atom stereocenters. The number of carbonyl (C=O) groups is 3. The maximum Gasteiger partial charge on any atom is 0.262 e. The number of amides is 2. The van der Waals surface area contributed by atoms with Crippen molar-refractivity contribution in [2.75, 3.05) is 0 Å². The Kier molecular flexibility index (Phi) is 5.05. The molecule has 0 saturated heterocycles. The van der Waals surface area contributed by atoms with Crippen molar-refractivity contribution in [3.8, 4) is 0 Å². The van der Waals surface area contributed by atoms with Crippen LogP contribution in [0.4, 0.5) is 0 Å². The zero-order valence-corrected chi connectivity index (χ0v) is 13.0. The average molecular weight is 296 g/mol. The third-order valence-corrected chi connectivity index (χ3v) is 4.48. The Morgan fingerprint density at radius 3 is 2.35 bits per heavy atom. The van der Waals surface area contributed by atoms with Crippen LogP contribution in [0.2, 0.25) is 0 Å². The van der Waals surface area contributed by atoms with Gasteiger partial charge in [0.2, 0.25) is 5.91 Å². The highest BCUT2D eigenvalue weighted by molar-refractivity contribution is 7.12. The van der Waals surface area contributed by atoms with Crippen molar-refractivity contribution in [1.82, 2.24) is 5.32 Å². The Hall–Kier alpha value is -1.69. The fourth-order valence-corrected chi connectivity index (χ4v) is 2.91. The van der Waals surface area contributed by atoms with Gasteiger partial charge in [-0.2, -0.15) is 0 Å². The molecule has 0 saturated carbocycles. The number of nitrogens with one attached hydrogen (secondary N) is 1. The maximum absolute atomic E-state index is 12.2. The van der Waals surface area contributed by atoms with Crippen LogP contribution in [0.25, 0.3) is 0 Å². The van der Waals surface area contributed by atoms with Gasteiger partial charge in [0.05, 0.1) is 4.88 Å². The van der Waals surface area contributed by atoms with Crippen LogP contribution in [0.5, 0.6) is 0 Å². The lowest BCUT2D eigenvalue weighted by Crippen LogP contribution is -2.60. The molecule has 0 spiro atoms. The fraction of sp³-hybridized carbons (Fsp3) is 0.500. The molecule has 0 aliphatic heterocycles. The molecule has 1 heterocycles. The minimum atomic E-state index is -1.07. The first kappa shape index (κ1) is 16.4. The van der Waals surface area contributed by atoms with Crippen LogP contribution in [0.1, 0.15) is 54.1 Å². The number of carbonyl (C=O) groups excluding carboxylic acids is 3. The van der Waals surface area contributed by atoms with Crippen molar-refractivity contribution in [3.05, 3.63) is 21.9 Å². The number of hydrogen-bond donors (Lipinski definition) is 2. The lowest BCUT2D eigenvalue weighted by molar-refractivity contribution is -0.126. The second kappa shape index (κ2) is 6.17. The summed E-state index contributed by atoms with van der Waals surface area (Å²) in [6, 6.07) is 1.53. The second-order valence-electron chi connectivity index (χ2n) is 5.05. The van der Waals surface area contributed by atoms with E-state index in [0.717, 1.165) is 0 Å². The van der Waals surface area contributed by atoms with Crippen LogP contribution >= 0.6 is 11.3 Å². The zero-order chi connectivity index (χ0) is 15.5. The van der Waals surface area contributed by atoms with E-state index >= 15 is 0 Å². The molecule has 20 heavy (non-hydrogen) atoms. The topological polar surface area (TPSA) is 89.3 Å². The van der Waals surface area contributed by atoms with E-state index in [9.17, 15) is 14.4 Å². The van der Waals surface area contributed by atoms with Crippen LogP contribution in [0.15, 0.2) is 11.4 Å². The van der Waals surface area contributed by atoms with E-state index in [1.807, 2.05) is 13.8 Å². The monoisotopic (exact) mass is 296 g/mol. The van der Waals surface area contributed by atoms with Gasteiger partial charge in [-0.05, 0) is 25.3 Å². The molecule has 0 aliphatic rings. The van der Waals surface area contributed by atoms with Crippen LogP contribution in [0.3, 0.4) is 0 Å². The van der Waals surface area contributed by atoms with Gasteiger partial charge in [0.1, 0.15) is 5.54 Å². The molecule has 1 aromatic heterocycles. The van der Waals surface area contributed by atoms with E-state index in [-0.39, 0.29) is 17.6 Å². The van der Waals surface area contributed by atoms with E-state index in [2.05, 4.69) is 5.32 Å². The van der Waals surface area contributed by atoms with Crippen molar-refractivity contribution in [2.24, 2.45) is 11.7 Å². The molecule has 3 N–H and O–H groups in total. The van der Waals surface area contributed by atoms with Gasteiger partial charge in [-0.1, -0.05) is 20.8 Å². The lowest BCUT2D eigenvalue weighted by atomic mass is 9.83. The van der Waals surface area contributed by atoms with Crippen LogP contribution in [0, 0.1) is 5.92 Å². The minimum absolute atomic E-state index is 0.0965. The summed E-state index contributed by atoms with van der Waals surface area (Å²) in [5.74, 6) is -1.15. The Morgan fingerprint density at radius 2 is 2.00 bits per heavy atom. The van der Waals surface area contributed by atoms with E-state index in [1.54, 1.807) is 12.3 Å². The predicted octanol–water partition coefficient (Wildman–Crippen LogP) is 1.97. The van der Waals surface area contributed by atoms with Crippen LogP contribution < -0.4 is 11.1 Å². The van der Waals surface area contributed by atoms with Gasteiger partial charge in [-0.25, -0.2) is 0 Å². The van der Waals surface area contributed by atoms with Crippen LogP contribution in [-0.4, -0.2) is 23.1 Å². The molecule has 0 radical (unpaired) electrons. The third-order valence-electron chi connectivity index (χ3n) is 3.55. The largest absolute Gasteiger partial charge is 0.368 e. The number of rotatable bonds is 6. The summed E-state index contributed by atoms with van der Waals surface area (Å²) in [6.45, 7) is 6.92. The van der Waals surface area contributed by atoms with Crippen LogP contribution in [-0.2, 0) is 4.79 Å². The maximum atomic E-state index is 12.2. The fourth-order valence-electron chi connectivity index (χ4n) is 2.07. The van der Waals surface area contributed by atoms with E-state index in [1.165, 1.54) is 24.3 Å². The SMILES string of the molecule is CC[C@@](NC(=O)c1cc(C(C)=O)cs1)(C(N)=O)C(C)C. The third kappa shape index (κ3) is 3.07. The number of hydrogen-bond acceptors (Lipinski definition) is 4. The summed E-state index contributed by atoms with van der Waals surface area (Å²) in [5.41, 5.74) is 4.88. The Labute approximate surface area is 122 Å². The smallest absolute Gasteiger partial charge is 0.262 e. The highest BCUT2D eigenvalue weighted by Gasteiger charge is 2.40. The highest BCUT2D eigenvalue weighted by Crippen LogP contribution is 2.23. The molecule has 6 heteroatoms. The predicted molar refractivity (Wildman–Crippen MR) is 78.8 cm³/mol. The van der Waals surface area contributed by atoms with Crippen molar-refractivity contribution in [2.45, 2.75) is 39.7 Å². The zero-order valence-electron chi connectivity index (χ0n) is 12.1. The quantitative estimate of drug-likeness (QED) is 0.786. The standard InChI is InChI=1S/C14H20N2O3S/c1-5-14(8(2)3,13(15)19)16-12(18)11-6-10(7-20-11)9(4)17/h6-8H,5H2,1-4H3,(H2,15,19)(H,16,18)/t14-/m0/s1. The Balaban J connectivity index is 3.02. The molecule has 0 unspecified atom stereocenters. The first-order chi connectivity index (χ1) is 9.24. The Morgan fingerprint density at radius 1 is 1.40 bits per heavy atom. The van der Waals surface area contributed by atoms with Gasteiger partial charge in [-0.3, -0.25) is 14.4 Å². The van der Waals surface area contributed by atoms with Crippen molar-refractivity contribution >= 4 is 28.9 Å². The minimum Gasteiger partial charge on any atom is -0.368 e. The van der Waals surface area contributed by atoms with Crippen molar-refractivity contribution in [3.63, 3.8) is 0 Å². The van der Waals surface area contributed by atoms with E-state index in [4.69, 9.17) is 5.73 Å². The normalized spacial score (nSPS) is 13.8. The molecular weight excluding hydrogens is 276 g/mol. The molecular formula is C14H20N2O3S. The van der Waals surface area contributed by atoms with Gasteiger partial charge < -0.3 is 11.1 Å². The summed E-state index contributed by atoms with van der Waals surface area (Å²) in [5, 5.41) is 4.36. The molecule has 1 rings (SSSR count). The average Bonchev–Trinajstić information content (AvgIpc) is 2.84.